The van der Waals surface area contributed by atoms with Gasteiger partial charge in [0.15, 0.2) is 11.5 Å². The smallest absolute Gasteiger partial charge is 0.231 e. The molecule has 0 aromatic heterocycles. The second kappa shape index (κ2) is 3.14. The molecule has 1 aliphatic heterocycles. The number of rotatable bonds is 3. The Hall–Kier alpha value is -1.22. The second-order valence-corrected chi connectivity index (χ2v) is 4.60. The lowest BCUT2D eigenvalue weighted by Gasteiger charge is -2.11. The van der Waals surface area contributed by atoms with Gasteiger partial charge in [0.05, 0.1) is 0 Å². The lowest BCUT2D eigenvalue weighted by Crippen LogP contribution is -2.26. The van der Waals surface area contributed by atoms with Crippen molar-refractivity contribution in [3.8, 4) is 11.5 Å². The molecule has 1 fully saturated rings. The Morgan fingerprint density at radius 3 is 2.87 bits per heavy atom. The highest BCUT2D eigenvalue weighted by atomic mass is 16.7. The fraction of sp³-hybridized carbons (Fsp3) is 0.500. The van der Waals surface area contributed by atoms with E-state index in [0.29, 0.717) is 12.3 Å². The van der Waals surface area contributed by atoms with Gasteiger partial charge in [0, 0.05) is 12.1 Å². The lowest BCUT2D eigenvalue weighted by molar-refractivity contribution is 0.174. The van der Waals surface area contributed by atoms with Crippen molar-refractivity contribution in [1.82, 2.24) is 5.32 Å². The third kappa shape index (κ3) is 1.79. The standard InChI is InChI=1S/C12H15NO2/c1-12(4-5-12)13-7-9-2-3-10-11(6-9)15-8-14-10/h2-3,6,13H,4-5,7-8H2,1H3. The Balaban J connectivity index is 1.70. The topological polar surface area (TPSA) is 30.5 Å². The molecule has 3 heteroatoms. The number of nitrogens with one attached hydrogen (secondary N) is 1. The molecule has 0 amide bonds. The highest BCUT2D eigenvalue weighted by Crippen LogP contribution is 2.36. The van der Waals surface area contributed by atoms with Gasteiger partial charge in [0.25, 0.3) is 0 Å². The zero-order valence-corrected chi connectivity index (χ0v) is 8.88. The highest BCUT2D eigenvalue weighted by molar-refractivity contribution is 5.44. The first kappa shape index (κ1) is 9.04. The maximum absolute atomic E-state index is 5.34. The highest BCUT2D eigenvalue weighted by Gasteiger charge is 2.36. The van der Waals surface area contributed by atoms with Gasteiger partial charge in [-0.3, -0.25) is 0 Å². The lowest BCUT2D eigenvalue weighted by atomic mass is 10.2. The van der Waals surface area contributed by atoms with Crippen LogP contribution in [0.1, 0.15) is 25.3 Å². The molecular formula is C12H15NO2. The number of fused-ring (bicyclic) bond motifs is 1. The zero-order valence-electron chi connectivity index (χ0n) is 8.88. The molecule has 0 radical (unpaired) electrons. The van der Waals surface area contributed by atoms with E-state index in [9.17, 15) is 0 Å². The van der Waals surface area contributed by atoms with Crippen LogP contribution >= 0.6 is 0 Å². The Kier molecular flexibility index (Phi) is 1.89. The van der Waals surface area contributed by atoms with Gasteiger partial charge < -0.3 is 14.8 Å². The molecule has 1 aliphatic carbocycles. The van der Waals surface area contributed by atoms with Crippen molar-refractivity contribution in [1.29, 1.82) is 0 Å². The van der Waals surface area contributed by atoms with E-state index in [2.05, 4.69) is 24.4 Å². The molecule has 0 saturated heterocycles. The average Bonchev–Trinajstić information content (AvgIpc) is 2.80. The quantitative estimate of drug-likeness (QED) is 0.819. The molecule has 1 aromatic carbocycles. The van der Waals surface area contributed by atoms with Crippen LogP contribution in [-0.2, 0) is 6.54 Å². The molecule has 0 unspecified atom stereocenters. The molecule has 0 bridgehead atoms. The van der Waals surface area contributed by atoms with Crippen LogP contribution in [0.25, 0.3) is 0 Å². The monoisotopic (exact) mass is 205 g/mol. The van der Waals surface area contributed by atoms with Crippen molar-refractivity contribution in [2.75, 3.05) is 6.79 Å². The average molecular weight is 205 g/mol. The summed E-state index contributed by atoms with van der Waals surface area (Å²) in [4.78, 5) is 0. The predicted octanol–water partition coefficient (Wildman–Crippen LogP) is 2.06. The maximum atomic E-state index is 5.34. The molecule has 3 rings (SSSR count). The predicted molar refractivity (Wildman–Crippen MR) is 57.0 cm³/mol. The van der Waals surface area contributed by atoms with Crippen molar-refractivity contribution >= 4 is 0 Å². The number of benzene rings is 1. The van der Waals surface area contributed by atoms with Gasteiger partial charge >= 0.3 is 0 Å². The van der Waals surface area contributed by atoms with Gasteiger partial charge in [-0.1, -0.05) is 6.07 Å². The molecule has 2 aliphatic rings. The summed E-state index contributed by atoms with van der Waals surface area (Å²) in [6, 6.07) is 6.13. The van der Waals surface area contributed by atoms with Crippen LogP contribution < -0.4 is 14.8 Å². The summed E-state index contributed by atoms with van der Waals surface area (Å²) in [5, 5.41) is 3.54. The van der Waals surface area contributed by atoms with Crippen LogP contribution in [0, 0.1) is 0 Å². The summed E-state index contributed by atoms with van der Waals surface area (Å²) in [7, 11) is 0. The van der Waals surface area contributed by atoms with Crippen molar-refractivity contribution in [3.05, 3.63) is 23.8 Å². The molecule has 0 spiro atoms. The first-order valence-corrected chi connectivity index (χ1v) is 5.39. The van der Waals surface area contributed by atoms with E-state index in [0.717, 1.165) is 18.0 Å². The number of ether oxygens (including phenoxy) is 2. The molecule has 80 valence electrons. The van der Waals surface area contributed by atoms with E-state index >= 15 is 0 Å². The summed E-state index contributed by atoms with van der Waals surface area (Å²) in [5.41, 5.74) is 1.64. The first-order chi connectivity index (χ1) is 7.25. The van der Waals surface area contributed by atoms with Crippen LogP contribution in [0.15, 0.2) is 18.2 Å². The van der Waals surface area contributed by atoms with Crippen molar-refractivity contribution in [2.45, 2.75) is 31.8 Å². The van der Waals surface area contributed by atoms with Gasteiger partial charge in [0.1, 0.15) is 0 Å². The molecule has 1 heterocycles. The molecule has 1 saturated carbocycles. The summed E-state index contributed by atoms with van der Waals surface area (Å²) in [6.45, 7) is 3.52. The molecule has 15 heavy (non-hydrogen) atoms. The second-order valence-electron chi connectivity index (χ2n) is 4.60. The SMILES string of the molecule is CC1(NCc2ccc3c(c2)OCO3)CC1. The normalized spacial score (nSPS) is 20.3. The summed E-state index contributed by atoms with van der Waals surface area (Å²) >= 11 is 0. The van der Waals surface area contributed by atoms with E-state index in [4.69, 9.17) is 9.47 Å². The summed E-state index contributed by atoms with van der Waals surface area (Å²) < 4.78 is 10.6. The van der Waals surface area contributed by atoms with E-state index in [1.165, 1.54) is 18.4 Å². The number of hydrogen-bond acceptors (Lipinski definition) is 3. The van der Waals surface area contributed by atoms with E-state index in [1.807, 2.05) is 6.07 Å². The van der Waals surface area contributed by atoms with E-state index in [1.54, 1.807) is 0 Å². The Labute approximate surface area is 89.4 Å². The largest absolute Gasteiger partial charge is 0.454 e. The first-order valence-electron chi connectivity index (χ1n) is 5.39. The third-order valence-corrected chi connectivity index (χ3v) is 3.16. The minimum atomic E-state index is 0.351. The Bertz CT molecular complexity index is 385. The van der Waals surface area contributed by atoms with Crippen molar-refractivity contribution < 1.29 is 9.47 Å². The minimum absolute atomic E-state index is 0.351. The van der Waals surface area contributed by atoms with Gasteiger partial charge in [-0.15, -0.1) is 0 Å². The van der Waals surface area contributed by atoms with Crippen molar-refractivity contribution in [2.24, 2.45) is 0 Å². The molecule has 3 nitrogen and oxygen atoms in total. The summed E-state index contributed by atoms with van der Waals surface area (Å²) in [6.07, 6.45) is 2.58. The molecular weight excluding hydrogens is 190 g/mol. The maximum Gasteiger partial charge on any atom is 0.231 e. The van der Waals surface area contributed by atoms with E-state index in [-0.39, 0.29) is 0 Å². The van der Waals surface area contributed by atoms with Crippen LogP contribution in [0.3, 0.4) is 0 Å². The third-order valence-electron chi connectivity index (χ3n) is 3.16. The zero-order chi connectivity index (χ0) is 10.3. The number of hydrogen-bond donors (Lipinski definition) is 1. The fourth-order valence-electron chi connectivity index (χ4n) is 1.73. The van der Waals surface area contributed by atoms with Gasteiger partial charge in [-0.25, -0.2) is 0 Å². The van der Waals surface area contributed by atoms with Gasteiger partial charge in [-0.05, 0) is 37.5 Å². The van der Waals surface area contributed by atoms with Crippen LogP contribution in [-0.4, -0.2) is 12.3 Å². The Morgan fingerprint density at radius 1 is 1.27 bits per heavy atom. The molecule has 1 aromatic rings. The van der Waals surface area contributed by atoms with Crippen LogP contribution in [0.4, 0.5) is 0 Å². The minimum Gasteiger partial charge on any atom is -0.454 e. The van der Waals surface area contributed by atoms with E-state index < -0.39 is 0 Å². The summed E-state index contributed by atoms with van der Waals surface area (Å²) in [5.74, 6) is 1.73. The molecule has 0 atom stereocenters. The van der Waals surface area contributed by atoms with Gasteiger partial charge in [0.2, 0.25) is 6.79 Å². The molecule has 1 N–H and O–H groups in total. The van der Waals surface area contributed by atoms with Gasteiger partial charge in [-0.2, -0.15) is 0 Å². The van der Waals surface area contributed by atoms with Crippen LogP contribution in [0.5, 0.6) is 11.5 Å². The Morgan fingerprint density at radius 2 is 2.07 bits per heavy atom. The van der Waals surface area contributed by atoms with Crippen LogP contribution in [0.2, 0.25) is 0 Å². The van der Waals surface area contributed by atoms with Crippen molar-refractivity contribution in [3.63, 3.8) is 0 Å². The fourth-order valence-corrected chi connectivity index (χ4v) is 1.73.